The Kier molecular flexibility index (Phi) is 4.73. The standard InChI is InChI=1S/C12H9I2NO5/c1-7(10-11(16)14(13-18)12(10)17)6-8-4-2-3-5-9(8)15(19)20/h2-5H,6H2,1H3. The second-order valence-electron chi connectivity index (χ2n) is 4.06. The van der Waals surface area contributed by atoms with E-state index in [0.717, 1.165) is 0 Å². The van der Waals surface area contributed by atoms with Gasteiger partial charge in [0, 0.05) is 0 Å². The van der Waals surface area contributed by atoms with Crippen molar-refractivity contribution in [3.63, 3.8) is 0 Å². The third-order valence-corrected chi connectivity index (χ3v) is 13.2. The molecular weight excluding hydrogens is 492 g/mol. The van der Waals surface area contributed by atoms with Crippen LogP contribution in [0.25, 0.3) is 0 Å². The number of benzene rings is 1. The molecule has 0 radical (unpaired) electrons. The Morgan fingerprint density at radius 2 is 1.90 bits per heavy atom. The minimum atomic E-state index is -2.51. The molecule has 0 bridgehead atoms. The molecule has 0 aliphatic carbocycles. The normalized spacial score (nSPS) is 16.1. The van der Waals surface area contributed by atoms with Crippen LogP contribution >= 0.6 is 33.1 Å². The van der Waals surface area contributed by atoms with Crippen LogP contribution in [-0.2, 0) is 19.1 Å². The number of allylic oxidation sites excluding steroid dienone is 2. The van der Waals surface area contributed by atoms with Crippen molar-refractivity contribution in [2.24, 2.45) is 0 Å². The zero-order valence-electron chi connectivity index (χ0n) is 10.3. The van der Waals surface area contributed by atoms with Gasteiger partial charge in [-0.05, 0) is 0 Å². The summed E-state index contributed by atoms with van der Waals surface area (Å²) >= 11 is -4.03. The van der Waals surface area contributed by atoms with Crippen molar-refractivity contribution in [1.82, 2.24) is 0 Å². The molecule has 6 nitrogen and oxygen atoms in total. The van der Waals surface area contributed by atoms with Crippen LogP contribution in [0.2, 0.25) is 0 Å². The Morgan fingerprint density at radius 3 is 2.45 bits per heavy atom. The van der Waals surface area contributed by atoms with Crippen LogP contribution in [0.3, 0.4) is 0 Å². The van der Waals surface area contributed by atoms with Crippen LogP contribution < -0.4 is 0 Å². The van der Waals surface area contributed by atoms with Crippen molar-refractivity contribution in [3.8, 4) is 0 Å². The zero-order chi connectivity index (χ0) is 14.9. The number of para-hydroxylation sites is 1. The molecule has 0 unspecified atom stereocenters. The monoisotopic (exact) mass is 501 g/mol. The molecule has 1 aliphatic heterocycles. The summed E-state index contributed by atoms with van der Waals surface area (Å²) in [5, 5.41) is 10.9. The molecule has 0 N–H and O–H groups in total. The van der Waals surface area contributed by atoms with Gasteiger partial charge in [0.2, 0.25) is 0 Å². The maximum atomic E-state index is 11.7. The van der Waals surface area contributed by atoms with Crippen LogP contribution in [0, 0.1) is 10.1 Å². The number of hydrogen-bond acceptors (Lipinski definition) is 5. The fraction of sp³-hybridized carbons (Fsp3) is 0.167. The molecule has 0 spiro atoms. The van der Waals surface area contributed by atoms with Gasteiger partial charge in [0.15, 0.2) is 0 Å². The first-order valence-corrected chi connectivity index (χ1v) is 14.8. The molecule has 1 heterocycles. The first-order valence-electron chi connectivity index (χ1n) is 5.46. The van der Waals surface area contributed by atoms with E-state index in [-0.39, 0.29) is 25.3 Å². The summed E-state index contributed by atoms with van der Waals surface area (Å²) in [5.41, 5.74) is 1.09. The van der Waals surface area contributed by atoms with Gasteiger partial charge >= 0.3 is 128 Å². The molecule has 1 saturated heterocycles. The third kappa shape index (κ3) is 2.71. The van der Waals surface area contributed by atoms with Crippen LogP contribution in [0.15, 0.2) is 35.4 Å². The molecule has 1 aromatic rings. The number of halogens is 2. The molecule has 1 aliphatic rings. The molecular formula is C12H9I2NO5. The summed E-state index contributed by atoms with van der Waals surface area (Å²) < 4.78 is 10.4. The molecule has 2 rings (SSSR count). The Bertz CT molecular complexity index is 650. The van der Waals surface area contributed by atoms with E-state index in [9.17, 15) is 22.8 Å². The average molecular weight is 501 g/mol. The van der Waals surface area contributed by atoms with E-state index in [0.29, 0.717) is 11.1 Å². The maximum absolute atomic E-state index is 11.7. The quantitative estimate of drug-likeness (QED) is 0.158. The molecule has 8 heteroatoms. The summed E-state index contributed by atoms with van der Waals surface area (Å²) in [7, 11) is 0. The van der Waals surface area contributed by atoms with Crippen LogP contribution in [-0.4, -0.2) is 12.5 Å². The van der Waals surface area contributed by atoms with Crippen molar-refractivity contribution < 1.29 is 17.6 Å². The Morgan fingerprint density at radius 1 is 1.30 bits per heavy atom. The van der Waals surface area contributed by atoms with Gasteiger partial charge in [-0.2, -0.15) is 0 Å². The van der Waals surface area contributed by atoms with E-state index in [2.05, 4.69) is 0 Å². The van der Waals surface area contributed by atoms with E-state index in [1.165, 1.54) is 6.07 Å². The number of rotatable bonds is 4. The number of nitro groups is 1. The molecule has 0 aromatic heterocycles. The summed E-state index contributed by atoms with van der Waals surface area (Å²) in [6, 6.07) is 6.23. The second kappa shape index (κ2) is 6.16. The zero-order valence-corrected chi connectivity index (χ0v) is 14.6. The van der Waals surface area contributed by atoms with E-state index in [1.54, 1.807) is 25.1 Å². The van der Waals surface area contributed by atoms with Crippen molar-refractivity contribution in [2.75, 3.05) is 0 Å². The molecule has 1 fully saturated rings. The predicted molar refractivity (Wildman–Crippen MR) is 88.2 cm³/mol. The number of nitro benzene ring substituents is 1. The topological polar surface area (TPSA) is 94.3 Å². The molecule has 1 aromatic carbocycles. The van der Waals surface area contributed by atoms with Crippen molar-refractivity contribution in [1.29, 1.82) is 0 Å². The van der Waals surface area contributed by atoms with Crippen LogP contribution in [0.5, 0.6) is 0 Å². The van der Waals surface area contributed by atoms with Gasteiger partial charge in [-0.3, -0.25) is 0 Å². The molecule has 0 amide bonds. The first kappa shape index (κ1) is 15.4. The fourth-order valence-corrected chi connectivity index (χ4v) is 9.34. The van der Waals surface area contributed by atoms with E-state index in [4.69, 9.17) is 0 Å². The number of carbonyl (C=O) groups is 2. The SMILES string of the molecule is CC(Cc1ccccc1[N+](=O)[O-])=C1C(=O)I(I=O)C1=O. The van der Waals surface area contributed by atoms with E-state index in [1.807, 2.05) is 0 Å². The summed E-state index contributed by atoms with van der Waals surface area (Å²) in [6.07, 6.45) is 0.186. The van der Waals surface area contributed by atoms with Gasteiger partial charge in [0.05, 0.1) is 0 Å². The Hall–Kier alpha value is -1.04. The Balaban J connectivity index is 2.32. The predicted octanol–water partition coefficient (Wildman–Crippen LogP) is 3.26. The average Bonchev–Trinajstić information content (AvgIpc) is 2.39. The van der Waals surface area contributed by atoms with Crippen molar-refractivity contribution in [2.45, 2.75) is 13.3 Å². The minimum absolute atomic E-state index is 0.0294. The van der Waals surface area contributed by atoms with E-state index >= 15 is 0 Å². The number of hydrogen-bond donors (Lipinski definition) is 0. The Labute approximate surface area is 127 Å². The summed E-state index contributed by atoms with van der Waals surface area (Å²) in [6.45, 7) is 1.62. The summed E-state index contributed by atoms with van der Waals surface area (Å²) in [5.74, 6) is 0. The molecule has 0 atom stereocenters. The third-order valence-electron chi connectivity index (χ3n) is 2.82. The van der Waals surface area contributed by atoms with Gasteiger partial charge in [-0.25, -0.2) is 0 Å². The number of nitrogens with zero attached hydrogens (tertiary/aromatic N) is 1. The molecule has 106 valence electrons. The van der Waals surface area contributed by atoms with Gasteiger partial charge in [-0.1, -0.05) is 0 Å². The van der Waals surface area contributed by atoms with Gasteiger partial charge in [0.1, 0.15) is 0 Å². The van der Waals surface area contributed by atoms with Gasteiger partial charge < -0.3 is 0 Å². The second-order valence-corrected chi connectivity index (χ2v) is 15.4. The molecule has 20 heavy (non-hydrogen) atoms. The van der Waals surface area contributed by atoms with Crippen molar-refractivity contribution >= 4 is 46.3 Å². The summed E-state index contributed by atoms with van der Waals surface area (Å²) in [4.78, 5) is 33.9. The van der Waals surface area contributed by atoms with Crippen LogP contribution in [0.1, 0.15) is 12.5 Å². The molecule has 0 saturated carbocycles. The van der Waals surface area contributed by atoms with Crippen LogP contribution in [0.4, 0.5) is 5.69 Å². The van der Waals surface area contributed by atoms with Gasteiger partial charge in [0.25, 0.3) is 0 Å². The number of carbonyl (C=O) groups excluding carboxylic acids is 2. The van der Waals surface area contributed by atoms with E-state index < -0.39 is 38.0 Å². The van der Waals surface area contributed by atoms with Crippen molar-refractivity contribution in [3.05, 3.63) is 51.1 Å². The first-order chi connectivity index (χ1) is 9.47. The fourth-order valence-electron chi connectivity index (χ4n) is 1.88. The van der Waals surface area contributed by atoms with Gasteiger partial charge in [-0.15, -0.1) is 0 Å².